The molecule has 0 aliphatic carbocycles. The number of amides is 1. The number of nitrogens with one attached hydrogen (secondary N) is 1. The summed E-state index contributed by atoms with van der Waals surface area (Å²) in [5.41, 5.74) is 1.87. The number of anilines is 1. The first-order valence-corrected chi connectivity index (χ1v) is 6.56. The summed E-state index contributed by atoms with van der Waals surface area (Å²) in [5.74, 6) is -0.258. The van der Waals surface area contributed by atoms with Gasteiger partial charge in [-0.1, -0.05) is 23.2 Å². The lowest BCUT2D eigenvalue weighted by molar-refractivity contribution is 0.101. The number of pyridine rings is 1. The van der Waals surface area contributed by atoms with Gasteiger partial charge in [-0.15, -0.1) is 0 Å². The Morgan fingerprint density at radius 3 is 2.84 bits per heavy atom. The molecular weight excluding hydrogens is 285 g/mol. The predicted octanol–water partition coefficient (Wildman–Crippen LogP) is 3.77. The van der Waals surface area contributed by atoms with E-state index in [9.17, 15) is 4.79 Å². The minimum absolute atomic E-state index is 0.258. The molecule has 2 aromatic rings. The van der Waals surface area contributed by atoms with Crippen LogP contribution < -0.4 is 5.32 Å². The number of carbonyl (C=O) groups is 1. The summed E-state index contributed by atoms with van der Waals surface area (Å²) in [5, 5.41) is 3.57. The van der Waals surface area contributed by atoms with E-state index in [2.05, 4.69) is 10.3 Å². The van der Waals surface area contributed by atoms with Crippen LogP contribution in [0.2, 0.25) is 10.2 Å². The zero-order valence-corrected chi connectivity index (χ0v) is 12.1. The van der Waals surface area contributed by atoms with Gasteiger partial charge in [0.1, 0.15) is 5.69 Å². The average Bonchev–Trinajstić information content (AvgIpc) is 2.75. The number of halogens is 2. The molecule has 100 valence electrons. The number of nitrogens with zero attached hydrogens (tertiary/aromatic N) is 2. The van der Waals surface area contributed by atoms with Crippen LogP contribution in [0.3, 0.4) is 0 Å². The van der Waals surface area contributed by atoms with Crippen LogP contribution in [0.15, 0.2) is 24.5 Å². The third-order valence-electron chi connectivity index (χ3n) is 2.79. The highest BCUT2D eigenvalue weighted by Gasteiger charge is 2.15. The molecule has 4 nitrogen and oxygen atoms in total. The van der Waals surface area contributed by atoms with Crippen LogP contribution in [0.4, 0.5) is 5.69 Å². The fraction of sp³-hybridized carbons (Fsp3) is 0.231. The van der Waals surface area contributed by atoms with E-state index in [0.29, 0.717) is 22.9 Å². The van der Waals surface area contributed by atoms with Crippen molar-refractivity contribution in [1.82, 2.24) is 9.55 Å². The van der Waals surface area contributed by atoms with Crippen molar-refractivity contribution < 1.29 is 4.79 Å². The van der Waals surface area contributed by atoms with E-state index >= 15 is 0 Å². The first-order chi connectivity index (χ1) is 9.02. The van der Waals surface area contributed by atoms with E-state index in [-0.39, 0.29) is 11.1 Å². The third kappa shape index (κ3) is 2.91. The second-order valence-corrected chi connectivity index (χ2v) is 4.87. The van der Waals surface area contributed by atoms with E-state index in [4.69, 9.17) is 23.2 Å². The van der Waals surface area contributed by atoms with Gasteiger partial charge in [-0.3, -0.25) is 4.79 Å². The maximum atomic E-state index is 12.2. The molecule has 0 saturated heterocycles. The molecule has 2 rings (SSSR count). The van der Waals surface area contributed by atoms with Crippen LogP contribution in [0.25, 0.3) is 0 Å². The molecule has 0 spiro atoms. The van der Waals surface area contributed by atoms with Crippen molar-refractivity contribution in [3.05, 3.63) is 46.0 Å². The smallest absolute Gasteiger partial charge is 0.272 e. The molecule has 2 heterocycles. The lowest BCUT2D eigenvalue weighted by Gasteiger charge is -2.10. The molecule has 1 amide bonds. The van der Waals surface area contributed by atoms with E-state index in [1.165, 1.54) is 0 Å². The van der Waals surface area contributed by atoms with Gasteiger partial charge in [0.05, 0.1) is 10.7 Å². The van der Waals surface area contributed by atoms with Gasteiger partial charge in [-0.2, -0.15) is 0 Å². The summed E-state index contributed by atoms with van der Waals surface area (Å²) in [6, 6.07) is 3.41. The molecule has 0 aromatic carbocycles. The topological polar surface area (TPSA) is 46.9 Å². The molecule has 6 heteroatoms. The Morgan fingerprint density at radius 2 is 2.21 bits per heavy atom. The van der Waals surface area contributed by atoms with Crippen LogP contribution in [-0.4, -0.2) is 15.5 Å². The molecule has 0 aliphatic heterocycles. The van der Waals surface area contributed by atoms with Crippen LogP contribution in [-0.2, 0) is 6.54 Å². The molecule has 0 unspecified atom stereocenters. The van der Waals surface area contributed by atoms with Crippen molar-refractivity contribution in [1.29, 1.82) is 0 Å². The Labute approximate surface area is 121 Å². The standard InChI is InChI=1S/C13H13Cl2N3O/c1-3-18-7-9(14)6-10(18)13(19)17-11-8(2)4-5-16-12(11)15/h4-7H,3H2,1-2H3,(H,17,19). The summed E-state index contributed by atoms with van der Waals surface area (Å²) in [4.78, 5) is 16.2. The van der Waals surface area contributed by atoms with Gasteiger partial charge in [-0.25, -0.2) is 4.98 Å². The quantitative estimate of drug-likeness (QED) is 0.877. The number of aromatic nitrogens is 2. The Balaban J connectivity index is 2.31. The van der Waals surface area contributed by atoms with Crippen molar-refractivity contribution in [2.24, 2.45) is 0 Å². The Kier molecular flexibility index (Phi) is 4.12. The number of carbonyl (C=O) groups excluding carboxylic acids is 1. The van der Waals surface area contributed by atoms with Crippen molar-refractivity contribution in [3.8, 4) is 0 Å². The summed E-state index contributed by atoms with van der Waals surface area (Å²) in [7, 11) is 0. The highest BCUT2D eigenvalue weighted by molar-refractivity contribution is 6.33. The average molecular weight is 298 g/mol. The fourth-order valence-corrected chi connectivity index (χ4v) is 2.25. The molecule has 0 saturated carbocycles. The summed E-state index contributed by atoms with van der Waals surface area (Å²) < 4.78 is 1.78. The van der Waals surface area contributed by atoms with Crippen LogP contribution >= 0.6 is 23.2 Å². The lowest BCUT2D eigenvalue weighted by atomic mass is 10.2. The molecule has 0 aliphatic rings. The molecule has 1 N–H and O–H groups in total. The lowest BCUT2D eigenvalue weighted by Crippen LogP contribution is -2.17. The summed E-state index contributed by atoms with van der Waals surface area (Å²) in [6.07, 6.45) is 3.31. The van der Waals surface area contributed by atoms with Crippen molar-refractivity contribution in [3.63, 3.8) is 0 Å². The summed E-state index contributed by atoms with van der Waals surface area (Å²) in [6.45, 7) is 4.46. The van der Waals surface area contributed by atoms with Crippen molar-refractivity contribution in [2.75, 3.05) is 5.32 Å². The Morgan fingerprint density at radius 1 is 1.47 bits per heavy atom. The highest BCUT2D eigenvalue weighted by Crippen LogP contribution is 2.24. The van der Waals surface area contributed by atoms with Gasteiger partial charge in [0.15, 0.2) is 5.15 Å². The molecule has 2 aromatic heterocycles. The summed E-state index contributed by atoms with van der Waals surface area (Å²) >= 11 is 11.9. The molecule has 0 atom stereocenters. The number of rotatable bonds is 3. The van der Waals surface area contributed by atoms with Gasteiger partial charge in [-0.05, 0) is 31.5 Å². The number of hydrogen-bond acceptors (Lipinski definition) is 2. The van der Waals surface area contributed by atoms with E-state index in [1.54, 1.807) is 29.1 Å². The first-order valence-electron chi connectivity index (χ1n) is 5.81. The third-order valence-corrected chi connectivity index (χ3v) is 3.28. The zero-order chi connectivity index (χ0) is 14.0. The highest BCUT2D eigenvalue weighted by atomic mass is 35.5. The second-order valence-electron chi connectivity index (χ2n) is 4.08. The minimum Gasteiger partial charge on any atom is -0.342 e. The van der Waals surface area contributed by atoms with Gasteiger partial charge < -0.3 is 9.88 Å². The van der Waals surface area contributed by atoms with Gasteiger partial charge in [0.2, 0.25) is 0 Å². The van der Waals surface area contributed by atoms with E-state index < -0.39 is 0 Å². The Hall–Kier alpha value is -1.52. The first kappa shape index (κ1) is 13.9. The maximum absolute atomic E-state index is 12.2. The molecule has 0 radical (unpaired) electrons. The van der Waals surface area contributed by atoms with Crippen LogP contribution in [0.5, 0.6) is 0 Å². The SMILES string of the molecule is CCn1cc(Cl)cc1C(=O)Nc1c(C)ccnc1Cl. The van der Waals surface area contributed by atoms with Crippen LogP contribution in [0.1, 0.15) is 23.0 Å². The molecular formula is C13H13Cl2N3O. The van der Waals surface area contributed by atoms with Crippen molar-refractivity contribution >= 4 is 34.8 Å². The second kappa shape index (κ2) is 5.63. The number of aryl methyl sites for hydroxylation is 2. The number of hydrogen-bond donors (Lipinski definition) is 1. The van der Waals surface area contributed by atoms with Gasteiger partial charge >= 0.3 is 0 Å². The monoisotopic (exact) mass is 297 g/mol. The van der Waals surface area contributed by atoms with E-state index in [0.717, 1.165) is 5.56 Å². The molecule has 0 bridgehead atoms. The zero-order valence-electron chi connectivity index (χ0n) is 10.6. The van der Waals surface area contributed by atoms with Gasteiger partial charge in [0.25, 0.3) is 5.91 Å². The fourth-order valence-electron chi connectivity index (χ4n) is 1.78. The Bertz CT molecular complexity index is 602. The largest absolute Gasteiger partial charge is 0.342 e. The molecule has 0 fully saturated rings. The maximum Gasteiger partial charge on any atom is 0.272 e. The predicted molar refractivity (Wildman–Crippen MR) is 77.1 cm³/mol. The normalized spacial score (nSPS) is 10.5. The van der Waals surface area contributed by atoms with Gasteiger partial charge in [0, 0.05) is 18.9 Å². The van der Waals surface area contributed by atoms with Crippen molar-refractivity contribution in [2.45, 2.75) is 20.4 Å². The van der Waals surface area contributed by atoms with Crippen LogP contribution in [0, 0.1) is 6.92 Å². The van der Waals surface area contributed by atoms with E-state index in [1.807, 2.05) is 13.8 Å². The molecule has 19 heavy (non-hydrogen) atoms. The minimum atomic E-state index is -0.258.